The Morgan fingerprint density at radius 3 is 2.26 bits per heavy atom. The molecule has 0 saturated heterocycles. The second-order valence-electron chi connectivity index (χ2n) is 8.01. The molecule has 0 aliphatic heterocycles. The highest BCUT2D eigenvalue weighted by Crippen LogP contribution is 2.34. The fraction of sp³-hybridized carbons (Fsp3) is 0.172. The number of benzene rings is 4. The van der Waals surface area contributed by atoms with Gasteiger partial charge in [-0.05, 0) is 52.9 Å². The predicted octanol–water partition coefficient (Wildman–Crippen LogP) is 7.15. The number of para-hydroxylation sites is 1. The summed E-state index contributed by atoms with van der Waals surface area (Å²) < 4.78 is 11.1. The number of anilines is 1. The van der Waals surface area contributed by atoms with Crippen LogP contribution in [0, 0.1) is 0 Å². The molecule has 0 radical (unpaired) electrons. The van der Waals surface area contributed by atoms with E-state index in [2.05, 4.69) is 12.2 Å². The monoisotopic (exact) mass is 453 g/mol. The van der Waals surface area contributed by atoms with Gasteiger partial charge in [0, 0.05) is 5.69 Å². The molecule has 0 atom stereocenters. The second kappa shape index (κ2) is 11.1. The van der Waals surface area contributed by atoms with Crippen LogP contribution in [0.1, 0.15) is 41.3 Å². The lowest BCUT2D eigenvalue weighted by molar-refractivity contribution is 0.0913. The minimum Gasteiger partial charge on any atom is -0.429 e. The van der Waals surface area contributed by atoms with E-state index in [0.29, 0.717) is 23.1 Å². The number of ether oxygens (including phenoxy) is 2. The predicted molar refractivity (Wildman–Crippen MR) is 134 cm³/mol. The van der Waals surface area contributed by atoms with E-state index in [-0.39, 0.29) is 18.3 Å². The largest absolute Gasteiger partial charge is 0.514 e. The van der Waals surface area contributed by atoms with Crippen molar-refractivity contribution < 1.29 is 19.1 Å². The lowest BCUT2D eigenvalue weighted by atomic mass is 9.96. The molecule has 0 fully saturated rings. The van der Waals surface area contributed by atoms with Gasteiger partial charge in [-0.2, -0.15) is 0 Å². The zero-order chi connectivity index (χ0) is 23.8. The van der Waals surface area contributed by atoms with Crippen molar-refractivity contribution in [1.29, 1.82) is 0 Å². The van der Waals surface area contributed by atoms with Crippen molar-refractivity contribution in [3.05, 3.63) is 108 Å². The molecular formula is C29H27NO4. The van der Waals surface area contributed by atoms with E-state index in [1.165, 1.54) is 0 Å². The summed E-state index contributed by atoms with van der Waals surface area (Å²) in [6.45, 7) is 2.18. The fourth-order valence-electron chi connectivity index (χ4n) is 3.83. The highest BCUT2D eigenvalue weighted by Gasteiger charge is 2.23. The van der Waals surface area contributed by atoms with E-state index < -0.39 is 6.16 Å². The number of carbonyl (C=O) groups is 2. The van der Waals surface area contributed by atoms with Crippen LogP contribution in [0.4, 0.5) is 10.5 Å². The van der Waals surface area contributed by atoms with Gasteiger partial charge in [-0.15, -0.1) is 0 Å². The number of aryl methyl sites for hydroxylation is 1. The van der Waals surface area contributed by atoms with E-state index in [1.54, 1.807) is 0 Å². The van der Waals surface area contributed by atoms with Crippen LogP contribution in [0.2, 0.25) is 0 Å². The summed E-state index contributed by atoms with van der Waals surface area (Å²) in [5.74, 6) is -0.0924. The molecule has 1 N–H and O–H groups in total. The summed E-state index contributed by atoms with van der Waals surface area (Å²) in [4.78, 5) is 26.2. The summed E-state index contributed by atoms with van der Waals surface area (Å²) in [7, 11) is 0. The average Bonchev–Trinajstić information content (AvgIpc) is 2.87. The maximum Gasteiger partial charge on any atom is 0.514 e. The third-order valence-corrected chi connectivity index (χ3v) is 5.52. The molecule has 4 rings (SSSR count). The molecule has 4 aromatic carbocycles. The Hall–Kier alpha value is -4.12. The van der Waals surface area contributed by atoms with Gasteiger partial charge in [-0.1, -0.05) is 86.1 Å². The number of fused-ring (bicyclic) bond motifs is 1. The molecule has 0 unspecified atom stereocenters. The van der Waals surface area contributed by atoms with Crippen LogP contribution in [-0.4, -0.2) is 12.1 Å². The topological polar surface area (TPSA) is 64.6 Å². The van der Waals surface area contributed by atoms with Crippen molar-refractivity contribution in [3.63, 3.8) is 0 Å². The minimum atomic E-state index is -0.842. The van der Waals surface area contributed by atoms with E-state index >= 15 is 0 Å². The van der Waals surface area contributed by atoms with Gasteiger partial charge in [-0.3, -0.25) is 4.79 Å². The van der Waals surface area contributed by atoms with Gasteiger partial charge in [0.15, 0.2) is 5.75 Å². The normalized spacial score (nSPS) is 10.6. The highest BCUT2D eigenvalue weighted by atomic mass is 16.7. The summed E-state index contributed by atoms with van der Waals surface area (Å²) in [5.41, 5.74) is 2.64. The van der Waals surface area contributed by atoms with Crippen molar-refractivity contribution in [2.75, 3.05) is 5.32 Å². The van der Waals surface area contributed by atoms with Gasteiger partial charge in [0.2, 0.25) is 0 Å². The number of hydrogen-bond acceptors (Lipinski definition) is 4. The molecule has 0 spiro atoms. The van der Waals surface area contributed by atoms with Crippen LogP contribution in [0.5, 0.6) is 5.75 Å². The summed E-state index contributed by atoms with van der Waals surface area (Å²) in [5, 5.41) is 4.56. The first-order chi connectivity index (χ1) is 16.7. The third-order valence-electron chi connectivity index (χ3n) is 5.52. The van der Waals surface area contributed by atoms with Crippen LogP contribution in [0.25, 0.3) is 10.8 Å². The maximum absolute atomic E-state index is 13.5. The van der Waals surface area contributed by atoms with Crippen molar-refractivity contribution in [2.24, 2.45) is 0 Å². The Morgan fingerprint density at radius 2 is 1.53 bits per heavy atom. The van der Waals surface area contributed by atoms with Gasteiger partial charge in [-0.25, -0.2) is 4.79 Å². The Morgan fingerprint density at radius 1 is 0.853 bits per heavy atom. The fourth-order valence-corrected chi connectivity index (χ4v) is 3.83. The first-order valence-corrected chi connectivity index (χ1v) is 11.4. The van der Waals surface area contributed by atoms with Crippen molar-refractivity contribution in [3.8, 4) is 5.75 Å². The van der Waals surface area contributed by atoms with Crippen LogP contribution >= 0.6 is 0 Å². The summed E-state index contributed by atoms with van der Waals surface area (Å²) >= 11 is 0. The van der Waals surface area contributed by atoms with Crippen molar-refractivity contribution in [2.45, 2.75) is 32.8 Å². The molecule has 0 heterocycles. The molecule has 0 aromatic heterocycles. The molecule has 0 aliphatic rings. The number of unbranched alkanes of at least 4 members (excludes halogenated alkanes) is 1. The molecule has 5 heteroatoms. The zero-order valence-electron chi connectivity index (χ0n) is 19.1. The number of rotatable bonds is 8. The van der Waals surface area contributed by atoms with Crippen LogP contribution in [-0.2, 0) is 17.8 Å². The number of carbonyl (C=O) groups excluding carboxylic acids is 2. The standard InChI is InChI=1S/C29H27NO4/c1-2-3-14-23-19-22-15-10-11-18-25(22)26(28(31)30-24-16-8-5-9-17-24)27(23)34-29(32)33-20-21-12-6-4-7-13-21/h4-13,15-19H,2-3,14,20H2,1H3,(H,30,31). The molecule has 5 nitrogen and oxygen atoms in total. The van der Waals surface area contributed by atoms with Gasteiger partial charge in [0.05, 0.1) is 5.56 Å². The second-order valence-corrected chi connectivity index (χ2v) is 8.01. The Balaban J connectivity index is 1.71. The van der Waals surface area contributed by atoms with Crippen molar-refractivity contribution in [1.82, 2.24) is 0 Å². The smallest absolute Gasteiger partial charge is 0.429 e. The molecule has 34 heavy (non-hydrogen) atoms. The minimum absolute atomic E-state index is 0.0864. The lowest BCUT2D eigenvalue weighted by Crippen LogP contribution is -2.18. The molecule has 0 aliphatic carbocycles. The summed E-state index contributed by atoms with van der Waals surface area (Å²) in [6.07, 6.45) is 1.70. The van der Waals surface area contributed by atoms with Gasteiger partial charge in [0.1, 0.15) is 6.61 Å². The first kappa shape index (κ1) is 23.1. The molecule has 1 amide bonds. The van der Waals surface area contributed by atoms with Gasteiger partial charge < -0.3 is 14.8 Å². The first-order valence-electron chi connectivity index (χ1n) is 11.4. The highest BCUT2D eigenvalue weighted by molar-refractivity contribution is 6.15. The SMILES string of the molecule is CCCCc1cc2ccccc2c(C(=O)Nc2ccccc2)c1OC(=O)OCc1ccccc1. The lowest BCUT2D eigenvalue weighted by Gasteiger charge is -2.17. The Kier molecular flexibility index (Phi) is 7.56. The summed E-state index contributed by atoms with van der Waals surface area (Å²) in [6, 6.07) is 28.2. The van der Waals surface area contributed by atoms with Crippen molar-refractivity contribution >= 4 is 28.5 Å². The molecule has 0 saturated carbocycles. The van der Waals surface area contributed by atoms with E-state index in [1.807, 2.05) is 91.0 Å². The van der Waals surface area contributed by atoms with Crippen LogP contribution in [0.3, 0.4) is 0 Å². The van der Waals surface area contributed by atoms with E-state index in [9.17, 15) is 9.59 Å². The maximum atomic E-state index is 13.5. The van der Waals surface area contributed by atoms with E-state index in [0.717, 1.165) is 29.4 Å². The Bertz CT molecular complexity index is 1270. The van der Waals surface area contributed by atoms with Crippen LogP contribution < -0.4 is 10.1 Å². The van der Waals surface area contributed by atoms with Crippen LogP contribution in [0.15, 0.2) is 91.0 Å². The average molecular weight is 454 g/mol. The third kappa shape index (κ3) is 5.62. The molecule has 172 valence electrons. The number of nitrogens with one attached hydrogen (secondary N) is 1. The Labute approximate surface area is 199 Å². The van der Waals surface area contributed by atoms with Gasteiger partial charge in [0.25, 0.3) is 5.91 Å². The molecular weight excluding hydrogens is 426 g/mol. The number of hydrogen-bond donors (Lipinski definition) is 1. The zero-order valence-corrected chi connectivity index (χ0v) is 19.1. The van der Waals surface area contributed by atoms with E-state index in [4.69, 9.17) is 9.47 Å². The van der Waals surface area contributed by atoms with Gasteiger partial charge >= 0.3 is 6.16 Å². The molecule has 0 bridgehead atoms. The number of amides is 1. The quantitative estimate of drug-likeness (QED) is 0.227. The molecule has 4 aromatic rings.